The summed E-state index contributed by atoms with van der Waals surface area (Å²) in [7, 11) is 0. The van der Waals surface area contributed by atoms with Crippen LogP contribution in [0.4, 0.5) is 4.39 Å². The number of hydrogen-bond donors (Lipinski definition) is 2. The molecule has 0 aliphatic heterocycles. The van der Waals surface area contributed by atoms with Gasteiger partial charge in [-0.15, -0.1) is 0 Å². The maximum Gasteiger partial charge on any atom is 0.142 e. The topological polar surface area (TPSA) is 32.3 Å². The van der Waals surface area contributed by atoms with Gasteiger partial charge >= 0.3 is 0 Å². The van der Waals surface area contributed by atoms with Crippen LogP contribution in [0, 0.1) is 5.82 Å². The van der Waals surface area contributed by atoms with Crippen molar-refractivity contribution in [3.8, 4) is 0 Å². The number of aliphatic hydroxyl groups excluding tert-OH is 1. The zero-order chi connectivity index (χ0) is 14.3. The highest BCUT2D eigenvalue weighted by atomic mass is 35.5. The minimum Gasteiger partial charge on any atom is -0.396 e. The van der Waals surface area contributed by atoms with Gasteiger partial charge in [-0.3, -0.25) is 0 Å². The van der Waals surface area contributed by atoms with E-state index >= 15 is 0 Å². The predicted octanol–water partition coefficient (Wildman–Crippen LogP) is 3.90. The Balaban J connectivity index is 2.45. The summed E-state index contributed by atoms with van der Waals surface area (Å²) in [6.07, 6.45) is 0.807. The lowest BCUT2D eigenvalue weighted by molar-refractivity contribution is 0.296. The molecule has 6 heteroatoms. The highest BCUT2D eigenvalue weighted by Crippen LogP contribution is 2.32. The molecule has 0 aromatic heterocycles. The maximum atomic E-state index is 13.4. The number of thioether (sulfide) groups is 1. The van der Waals surface area contributed by atoms with Crippen LogP contribution in [0.1, 0.15) is 24.9 Å². The summed E-state index contributed by atoms with van der Waals surface area (Å²) in [5.41, 5.74) is 0.601. The molecule has 0 fully saturated rings. The molecule has 1 aromatic carbocycles. The molecular weight excluding hydrogens is 308 g/mol. The molecule has 2 nitrogen and oxygen atoms in total. The third-order valence-corrected chi connectivity index (χ3v) is 4.44. The minimum absolute atomic E-state index is 0.0837. The molecule has 0 radical (unpaired) electrons. The second-order valence-corrected chi connectivity index (χ2v) is 6.13. The molecular formula is C13H18Cl2FNOS. The molecule has 19 heavy (non-hydrogen) atoms. The summed E-state index contributed by atoms with van der Waals surface area (Å²) >= 11 is 13.8. The first-order valence-electron chi connectivity index (χ1n) is 6.13. The van der Waals surface area contributed by atoms with Crippen LogP contribution in [0.15, 0.2) is 12.1 Å². The van der Waals surface area contributed by atoms with Crippen molar-refractivity contribution in [1.29, 1.82) is 0 Å². The molecule has 0 aliphatic carbocycles. The van der Waals surface area contributed by atoms with Gasteiger partial charge in [0.25, 0.3) is 0 Å². The smallest absolute Gasteiger partial charge is 0.142 e. The molecule has 0 bridgehead atoms. The minimum atomic E-state index is -0.452. The summed E-state index contributed by atoms with van der Waals surface area (Å²) in [6.45, 7) is 2.91. The first-order valence-corrected chi connectivity index (χ1v) is 8.04. The molecule has 0 saturated carbocycles. The van der Waals surface area contributed by atoms with E-state index in [9.17, 15) is 4.39 Å². The fourth-order valence-electron chi connectivity index (χ4n) is 1.66. The Kier molecular flexibility index (Phi) is 8.11. The molecule has 2 N–H and O–H groups in total. The molecule has 0 spiro atoms. The van der Waals surface area contributed by atoms with Crippen LogP contribution in [0.5, 0.6) is 0 Å². The monoisotopic (exact) mass is 325 g/mol. The van der Waals surface area contributed by atoms with Gasteiger partial charge in [-0.2, -0.15) is 11.8 Å². The van der Waals surface area contributed by atoms with E-state index in [-0.39, 0.29) is 17.7 Å². The van der Waals surface area contributed by atoms with E-state index in [2.05, 4.69) is 5.32 Å². The van der Waals surface area contributed by atoms with Gasteiger partial charge in [0.05, 0.1) is 5.02 Å². The largest absolute Gasteiger partial charge is 0.396 e. The Morgan fingerprint density at radius 1 is 1.37 bits per heavy atom. The lowest BCUT2D eigenvalue weighted by Gasteiger charge is -2.17. The molecule has 0 heterocycles. The van der Waals surface area contributed by atoms with Crippen molar-refractivity contribution in [3.63, 3.8) is 0 Å². The number of hydrogen-bond acceptors (Lipinski definition) is 3. The molecule has 1 aromatic rings. The van der Waals surface area contributed by atoms with E-state index in [1.54, 1.807) is 11.8 Å². The Hall–Kier alpha value is -0.0000000000000000555. The van der Waals surface area contributed by atoms with Crippen LogP contribution in [-0.4, -0.2) is 29.8 Å². The summed E-state index contributed by atoms with van der Waals surface area (Å²) in [4.78, 5) is 0. The van der Waals surface area contributed by atoms with Gasteiger partial charge in [0.15, 0.2) is 0 Å². The van der Waals surface area contributed by atoms with Crippen molar-refractivity contribution in [1.82, 2.24) is 5.32 Å². The van der Waals surface area contributed by atoms with E-state index < -0.39 is 5.82 Å². The first kappa shape index (κ1) is 17.1. The second kappa shape index (κ2) is 9.03. The second-order valence-electron chi connectivity index (χ2n) is 4.12. The number of halogens is 3. The van der Waals surface area contributed by atoms with Crippen molar-refractivity contribution in [3.05, 3.63) is 33.6 Å². The number of nitrogens with one attached hydrogen (secondary N) is 1. The Bertz CT molecular complexity index is 406. The van der Waals surface area contributed by atoms with Crippen LogP contribution in [-0.2, 0) is 0 Å². The third-order valence-electron chi connectivity index (χ3n) is 2.66. The number of aliphatic hydroxyl groups is 1. The normalized spacial score (nSPS) is 12.7. The van der Waals surface area contributed by atoms with Crippen LogP contribution in [0.2, 0.25) is 10.0 Å². The quantitative estimate of drug-likeness (QED) is 0.561. The zero-order valence-electron chi connectivity index (χ0n) is 10.8. The van der Waals surface area contributed by atoms with E-state index in [0.717, 1.165) is 24.5 Å². The molecule has 0 amide bonds. The molecule has 0 aliphatic rings. The van der Waals surface area contributed by atoms with E-state index in [4.69, 9.17) is 28.3 Å². The molecule has 1 unspecified atom stereocenters. The van der Waals surface area contributed by atoms with Crippen molar-refractivity contribution in [2.24, 2.45) is 0 Å². The summed E-state index contributed by atoms with van der Waals surface area (Å²) in [5.74, 6) is 1.41. The van der Waals surface area contributed by atoms with Crippen LogP contribution in [0.25, 0.3) is 0 Å². The number of benzene rings is 1. The standard InChI is InChI=1S/C13H18Cl2FNOS/c1-9(17-5-8-19-7-2-6-18)12-10(14)3-4-11(16)13(12)15/h3-4,9,17-18H,2,5-8H2,1H3. The van der Waals surface area contributed by atoms with Crippen molar-refractivity contribution in [2.75, 3.05) is 24.7 Å². The van der Waals surface area contributed by atoms with Crippen LogP contribution in [0.3, 0.4) is 0 Å². The average molecular weight is 326 g/mol. The van der Waals surface area contributed by atoms with Gasteiger partial charge in [-0.05, 0) is 31.2 Å². The Morgan fingerprint density at radius 2 is 2.11 bits per heavy atom. The highest BCUT2D eigenvalue weighted by Gasteiger charge is 2.16. The Labute approximate surface area is 127 Å². The Morgan fingerprint density at radius 3 is 2.79 bits per heavy atom. The SMILES string of the molecule is CC(NCCSCCCO)c1c(Cl)ccc(F)c1Cl. The lowest BCUT2D eigenvalue weighted by Crippen LogP contribution is -2.22. The van der Waals surface area contributed by atoms with E-state index in [1.165, 1.54) is 12.1 Å². The highest BCUT2D eigenvalue weighted by molar-refractivity contribution is 7.99. The van der Waals surface area contributed by atoms with E-state index in [0.29, 0.717) is 10.6 Å². The average Bonchev–Trinajstić information content (AvgIpc) is 2.38. The van der Waals surface area contributed by atoms with Gasteiger partial charge in [-0.1, -0.05) is 23.2 Å². The third kappa shape index (κ3) is 5.48. The summed E-state index contributed by atoms with van der Waals surface area (Å²) < 4.78 is 13.4. The fourth-order valence-corrected chi connectivity index (χ4v) is 3.16. The molecule has 108 valence electrons. The fraction of sp³-hybridized carbons (Fsp3) is 0.538. The van der Waals surface area contributed by atoms with Crippen molar-refractivity contribution < 1.29 is 9.50 Å². The zero-order valence-corrected chi connectivity index (χ0v) is 13.1. The first-order chi connectivity index (χ1) is 9.07. The van der Waals surface area contributed by atoms with E-state index in [1.807, 2.05) is 6.92 Å². The van der Waals surface area contributed by atoms with Crippen LogP contribution >= 0.6 is 35.0 Å². The van der Waals surface area contributed by atoms with Gasteiger partial charge in [0.2, 0.25) is 0 Å². The molecule has 1 rings (SSSR count). The van der Waals surface area contributed by atoms with Crippen molar-refractivity contribution in [2.45, 2.75) is 19.4 Å². The molecule has 1 atom stereocenters. The number of rotatable bonds is 8. The molecule has 0 saturated heterocycles. The van der Waals surface area contributed by atoms with Gasteiger partial charge in [-0.25, -0.2) is 4.39 Å². The van der Waals surface area contributed by atoms with Gasteiger partial charge in [0, 0.05) is 35.5 Å². The summed E-state index contributed by atoms with van der Waals surface area (Å²) in [5, 5.41) is 12.5. The maximum absolute atomic E-state index is 13.4. The lowest BCUT2D eigenvalue weighted by atomic mass is 10.1. The van der Waals surface area contributed by atoms with Gasteiger partial charge in [0.1, 0.15) is 5.82 Å². The van der Waals surface area contributed by atoms with Gasteiger partial charge < -0.3 is 10.4 Å². The van der Waals surface area contributed by atoms with Crippen LogP contribution < -0.4 is 5.32 Å². The summed E-state index contributed by atoms with van der Waals surface area (Å²) in [6, 6.07) is 2.69. The predicted molar refractivity (Wildman–Crippen MR) is 81.9 cm³/mol. The van der Waals surface area contributed by atoms with Crippen molar-refractivity contribution >= 4 is 35.0 Å².